The van der Waals surface area contributed by atoms with Crippen LogP contribution in [0, 0.1) is 0 Å². The SMILES string of the molecule is CN(C)C(=O)[C@H](Sc1nc(N)nc(N)n1)c1ccccc1. The molecule has 0 spiro atoms. The van der Waals surface area contributed by atoms with Crippen LogP contribution in [0.15, 0.2) is 35.5 Å². The summed E-state index contributed by atoms with van der Waals surface area (Å²) in [6, 6.07) is 9.41. The van der Waals surface area contributed by atoms with Crippen molar-refractivity contribution in [1.29, 1.82) is 0 Å². The molecular weight excluding hydrogens is 288 g/mol. The Bertz CT molecular complexity index is 614. The molecule has 0 unspecified atom stereocenters. The van der Waals surface area contributed by atoms with Crippen LogP contribution in [-0.4, -0.2) is 39.9 Å². The van der Waals surface area contributed by atoms with Crippen molar-refractivity contribution in [2.45, 2.75) is 10.4 Å². The first kappa shape index (κ1) is 15.0. The van der Waals surface area contributed by atoms with Gasteiger partial charge < -0.3 is 16.4 Å². The molecule has 0 fully saturated rings. The summed E-state index contributed by atoms with van der Waals surface area (Å²) >= 11 is 1.19. The van der Waals surface area contributed by atoms with E-state index >= 15 is 0 Å². The van der Waals surface area contributed by atoms with Gasteiger partial charge in [0.15, 0.2) is 5.16 Å². The number of amides is 1. The second-order valence-electron chi connectivity index (χ2n) is 4.48. The molecular formula is C13H16N6OS. The molecule has 7 nitrogen and oxygen atoms in total. The summed E-state index contributed by atoms with van der Waals surface area (Å²) in [5, 5.41) is -0.147. The number of benzene rings is 1. The standard InChI is InChI=1S/C13H16N6OS/c1-19(2)10(20)9(8-6-4-3-5-7-8)21-13-17-11(14)16-12(15)18-13/h3-7,9H,1-2H3,(H4,14,15,16,17,18)/t9-/m1/s1. The fourth-order valence-corrected chi connectivity index (χ4v) is 2.78. The van der Waals surface area contributed by atoms with Crippen LogP contribution in [0.25, 0.3) is 0 Å². The van der Waals surface area contributed by atoms with Crippen molar-refractivity contribution in [2.75, 3.05) is 25.6 Å². The number of hydrogen-bond acceptors (Lipinski definition) is 7. The second-order valence-corrected chi connectivity index (χ2v) is 5.55. The first-order valence-corrected chi connectivity index (χ1v) is 7.05. The van der Waals surface area contributed by atoms with Crippen molar-refractivity contribution < 1.29 is 4.79 Å². The summed E-state index contributed by atoms with van der Waals surface area (Å²) in [7, 11) is 3.41. The first-order chi connectivity index (χ1) is 9.97. The van der Waals surface area contributed by atoms with Gasteiger partial charge in [-0.25, -0.2) is 0 Å². The Kier molecular flexibility index (Phi) is 4.59. The third-order valence-electron chi connectivity index (χ3n) is 2.64. The normalized spacial score (nSPS) is 11.9. The van der Waals surface area contributed by atoms with Gasteiger partial charge in [-0.2, -0.15) is 15.0 Å². The van der Waals surface area contributed by atoms with Crippen molar-refractivity contribution in [3.05, 3.63) is 35.9 Å². The largest absolute Gasteiger partial charge is 0.368 e. The van der Waals surface area contributed by atoms with Gasteiger partial charge in [0, 0.05) is 14.1 Å². The van der Waals surface area contributed by atoms with Gasteiger partial charge in [0.05, 0.1) is 0 Å². The van der Waals surface area contributed by atoms with Gasteiger partial charge in [0.25, 0.3) is 0 Å². The summed E-state index contributed by atoms with van der Waals surface area (Å²) in [5.74, 6) is 0.00647. The summed E-state index contributed by atoms with van der Waals surface area (Å²) < 4.78 is 0. The number of anilines is 2. The van der Waals surface area contributed by atoms with Crippen molar-refractivity contribution >= 4 is 29.6 Å². The third-order valence-corrected chi connectivity index (χ3v) is 3.74. The van der Waals surface area contributed by atoms with Crippen LogP contribution in [0.5, 0.6) is 0 Å². The average molecular weight is 304 g/mol. The quantitative estimate of drug-likeness (QED) is 0.809. The predicted molar refractivity (Wildman–Crippen MR) is 82.4 cm³/mol. The smallest absolute Gasteiger partial charge is 0.240 e. The predicted octanol–water partition coefficient (Wildman–Crippen LogP) is 0.958. The first-order valence-electron chi connectivity index (χ1n) is 6.17. The molecule has 0 saturated carbocycles. The second kappa shape index (κ2) is 6.40. The molecule has 1 aromatic carbocycles. The molecule has 0 aliphatic carbocycles. The van der Waals surface area contributed by atoms with E-state index in [1.54, 1.807) is 14.1 Å². The number of carbonyl (C=O) groups excluding carboxylic acids is 1. The van der Waals surface area contributed by atoms with E-state index in [9.17, 15) is 4.79 Å². The van der Waals surface area contributed by atoms with E-state index in [1.165, 1.54) is 16.7 Å². The van der Waals surface area contributed by atoms with E-state index in [2.05, 4.69) is 15.0 Å². The Hall–Kier alpha value is -2.35. The number of nitrogen functional groups attached to an aromatic ring is 2. The molecule has 21 heavy (non-hydrogen) atoms. The highest BCUT2D eigenvalue weighted by molar-refractivity contribution is 8.00. The molecule has 1 heterocycles. The lowest BCUT2D eigenvalue weighted by Gasteiger charge is -2.19. The Morgan fingerprint density at radius 3 is 2.19 bits per heavy atom. The van der Waals surface area contributed by atoms with Crippen LogP contribution in [0.2, 0.25) is 0 Å². The Labute approximate surface area is 126 Å². The van der Waals surface area contributed by atoms with Gasteiger partial charge in [0.1, 0.15) is 5.25 Å². The molecule has 1 aromatic heterocycles. The maximum Gasteiger partial charge on any atom is 0.240 e. The topological polar surface area (TPSA) is 111 Å². The lowest BCUT2D eigenvalue weighted by Crippen LogP contribution is -2.26. The van der Waals surface area contributed by atoms with Crippen molar-refractivity contribution in [2.24, 2.45) is 0 Å². The van der Waals surface area contributed by atoms with Gasteiger partial charge in [-0.1, -0.05) is 42.1 Å². The van der Waals surface area contributed by atoms with Gasteiger partial charge in [0.2, 0.25) is 17.8 Å². The van der Waals surface area contributed by atoms with Crippen LogP contribution in [0.1, 0.15) is 10.8 Å². The molecule has 8 heteroatoms. The molecule has 0 aliphatic heterocycles. The summed E-state index contributed by atoms with van der Waals surface area (Å²) in [6.07, 6.45) is 0. The van der Waals surface area contributed by atoms with Gasteiger partial charge >= 0.3 is 0 Å². The minimum Gasteiger partial charge on any atom is -0.368 e. The van der Waals surface area contributed by atoms with Crippen LogP contribution in [0.3, 0.4) is 0 Å². The maximum absolute atomic E-state index is 12.4. The molecule has 4 N–H and O–H groups in total. The minimum atomic E-state index is -0.470. The Balaban J connectivity index is 2.34. The third kappa shape index (κ3) is 3.82. The fraction of sp³-hybridized carbons (Fsp3) is 0.231. The number of thioether (sulfide) groups is 1. The van der Waals surface area contributed by atoms with Crippen molar-refractivity contribution in [1.82, 2.24) is 19.9 Å². The van der Waals surface area contributed by atoms with Crippen LogP contribution in [-0.2, 0) is 4.79 Å². The minimum absolute atomic E-state index is 0.0362. The molecule has 2 rings (SSSR count). The van der Waals surface area contributed by atoms with E-state index in [1.807, 2.05) is 30.3 Å². The number of likely N-dealkylation sites (N-methyl/N-ethyl adjacent to an activating group) is 1. The van der Waals surface area contributed by atoms with Gasteiger partial charge in [-0.05, 0) is 5.56 Å². The molecule has 1 amide bonds. The van der Waals surface area contributed by atoms with Gasteiger partial charge in [-0.15, -0.1) is 0 Å². The molecule has 2 aromatic rings. The van der Waals surface area contributed by atoms with Gasteiger partial charge in [-0.3, -0.25) is 4.79 Å². The van der Waals surface area contributed by atoms with E-state index < -0.39 is 5.25 Å². The number of rotatable bonds is 4. The molecule has 110 valence electrons. The van der Waals surface area contributed by atoms with Crippen LogP contribution < -0.4 is 11.5 Å². The summed E-state index contributed by atoms with van der Waals surface area (Å²) in [5.41, 5.74) is 12.0. The maximum atomic E-state index is 12.4. The average Bonchev–Trinajstić information content (AvgIpc) is 2.44. The highest BCUT2D eigenvalue weighted by Gasteiger charge is 2.25. The Morgan fingerprint density at radius 1 is 1.10 bits per heavy atom. The number of carbonyl (C=O) groups is 1. The van der Waals surface area contributed by atoms with E-state index in [4.69, 9.17) is 11.5 Å². The molecule has 0 bridgehead atoms. The zero-order valence-electron chi connectivity index (χ0n) is 11.7. The van der Waals surface area contributed by atoms with E-state index in [0.29, 0.717) is 5.16 Å². The summed E-state index contributed by atoms with van der Waals surface area (Å²) in [4.78, 5) is 25.7. The van der Waals surface area contributed by atoms with Crippen molar-refractivity contribution in [3.63, 3.8) is 0 Å². The van der Waals surface area contributed by atoms with Crippen molar-refractivity contribution in [3.8, 4) is 0 Å². The highest BCUT2D eigenvalue weighted by Crippen LogP contribution is 2.34. The monoisotopic (exact) mass is 304 g/mol. The number of nitrogens with two attached hydrogens (primary N) is 2. The van der Waals surface area contributed by atoms with Crippen LogP contribution >= 0.6 is 11.8 Å². The molecule has 0 saturated heterocycles. The molecule has 1 atom stereocenters. The number of hydrogen-bond donors (Lipinski definition) is 2. The molecule has 0 radical (unpaired) electrons. The van der Waals surface area contributed by atoms with E-state index in [0.717, 1.165) is 5.56 Å². The zero-order chi connectivity index (χ0) is 15.4. The number of aromatic nitrogens is 3. The Morgan fingerprint density at radius 2 is 1.67 bits per heavy atom. The fourth-order valence-electron chi connectivity index (χ4n) is 1.67. The number of nitrogens with zero attached hydrogens (tertiary/aromatic N) is 4. The lowest BCUT2D eigenvalue weighted by atomic mass is 10.1. The van der Waals surface area contributed by atoms with E-state index in [-0.39, 0.29) is 17.8 Å². The van der Waals surface area contributed by atoms with Crippen LogP contribution in [0.4, 0.5) is 11.9 Å². The molecule has 0 aliphatic rings. The summed E-state index contributed by atoms with van der Waals surface area (Å²) in [6.45, 7) is 0. The zero-order valence-corrected chi connectivity index (χ0v) is 12.5. The lowest BCUT2D eigenvalue weighted by molar-refractivity contribution is -0.128. The highest BCUT2D eigenvalue weighted by atomic mass is 32.2.